The predicted octanol–water partition coefficient (Wildman–Crippen LogP) is 3.85. The molecule has 0 saturated heterocycles. The molecule has 1 heterocycles. The first-order valence-corrected chi connectivity index (χ1v) is 7.64. The van der Waals surface area contributed by atoms with Crippen LogP contribution in [0.5, 0.6) is 0 Å². The third-order valence-electron chi connectivity index (χ3n) is 4.02. The maximum absolute atomic E-state index is 13.4. The van der Waals surface area contributed by atoms with Gasteiger partial charge in [0.1, 0.15) is 5.82 Å². The summed E-state index contributed by atoms with van der Waals surface area (Å²) < 4.78 is 18.8. The summed E-state index contributed by atoms with van der Waals surface area (Å²) in [5, 5.41) is 17.6. The summed E-state index contributed by atoms with van der Waals surface area (Å²) in [5.74, 6) is 0.400. The molecule has 120 valence electrons. The summed E-state index contributed by atoms with van der Waals surface area (Å²) >= 11 is 0. The van der Waals surface area contributed by atoms with Gasteiger partial charge in [-0.1, -0.05) is 29.4 Å². The van der Waals surface area contributed by atoms with Gasteiger partial charge in [0.15, 0.2) is 11.4 Å². The molecule has 2 aromatic carbocycles. The van der Waals surface area contributed by atoms with Crippen LogP contribution in [0.1, 0.15) is 23.5 Å². The van der Waals surface area contributed by atoms with Crippen molar-refractivity contribution >= 4 is 16.8 Å². The predicted molar refractivity (Wildman–Crippen MR) is 88.1 cm³/mol. The van der Waals surface area contributed by atoms with Crippen molar-refractivity contribution in [2.75, 3.05) is 18.5 Å². The van der Waals surface area contributed by atoms with Crippen molar-refractivity contribution in [3.63, 3.8) is 0 Å². The lowest BCUT2D eigenvalue weighted by Crippen LogP contribution is -2.14. The van der Waals surface area contributed by atoms with E-state index in [1.807, 2.05) is 31.2 Å². The quantitative estimate of drug-likeness (QED) is 0.725. The maximum Gasteiger partial charge on any atom is 0.177 e. The van der Waals surface area contributed by atoms with Gasteiger partial charge in [0.25, 0.3) is 0 Å². The van der Waals surface area contributed by atoms with Gasteiger partial charge in [-0.3, -0.25) is 0 Å². The first kappa shape index (κ1) is 15.5. The highest BCUT2D eigenvalue weighted by atomic mass is 19.1. The molecule has 5 heteroatoms. The van der Waals surface area contributed by atoms with Gasteiger partial charge in [-0.05, 0) is 42.7 Å². The highest BCUT2D eigenvalue weighted by Gasteiger charge is 2.15. The van der Waals surface area contributed by atoms with E-state index in [2.05, 4.69) is 10.5 Å². The molecule has 4 nitrogen and oxygen atoms in total. The molecule has 0 radical (unpaired) electrons. The average Bonchev–Trinajstić information content (AvgIpc) is 2.96. The van der Waals surface area contributed by atoms with Gasteiger partial charge in [0.2, 0.25) is 0 Å². The Bertz CT molecular complexity index is 801. The molecular formula is C18H19FN2O2. The summed E-state index contributed by atoms with van der Waals surface area (Å²) in [6.07, 6.45) is 0.547. The van der Waals surface area contributed by atoms with E-state index in [-0.39, 0.29) is 18.3 Å². The van der Waals surface area contributed by atoms with Crippen LogP contribution in [0, 0.1) is 12.7 Å². The second-order valence-electron chi connectivity index (χ2n) is 5.62. The van der Waals surface area contributed by atoms with E-state index in [0.29, 0.717) is 18.8 Å². The Morgan fingerprint density at radius 1 is 1.26 bits per heavy atom. The second-order valence-corrected chi connectivity index (χ2v) is 5.62. The largest absolute Gasteiger partial charge is 0.396 e. The molecule has 1 aromatic heterocycles. The lowest BCUT2D eigenvalue weighted by atomic mass is 9.96. The maximum atomic E-state index is 13.4. The number of halogens is 1. The molecule has 0 amide bonds. The molecule has 23 heavy (non-hydrogen) atoms. The minimum atomic E-state index is -0.270. The zero-order valence-corrected chi connectivity index (χ0v) is 12.9. The number of aryl methyl sites for hydroxylation is 1. The van der Waals surface area contributed by atoms with Crippen LogP contribution in [0.15, 0.2) is 47.0 Å². The van der Waals surface area contributed by atoms with E-state index in [9.17, 15) is 9.50 Å². The van der Waals surface area contributed by atoms with Gasteiger partial charge in [-0.2, -0.15) is 0 Å². The fraction of sp³-hybridized carbons (Fsp3) is 0.278. The lowest BCUT2D eigenvalue weighted by molar-refractivity contribution is 0.277. The smallest absolute Gasteiger partial charge is 0.177 e. The van der Waals surface area contributed by atoms with E-state index in [0.717, 1.165) is 22.1 Å². The molecule has 3 aromatic rings. The second kappa shape index (κ2) is 6.79. The van der Waals surface area contributed by atoms with Crippen LogP contribution in [0.3, 0.4) is 0 Å². The zero-order chi connectivity index (χ0) is 16.2. The van der Waals surface area contributed by atoms with Gasteiger partial charge in [-0.15, -0.1) is 0 Å². The molecule has 1 atom stereocenters. The molecule has 3 rings (SSSR count). The highest BCUT2D eigenvalue weighted by molar-refractivity contribution is 5.91. The number of rotatable bonds is 6. The topological polar surface area (TPSA) is 58.3 Å². The standard InChI is InChI=1S/C18H19FN2O2/c1-12-4-2-7-16-17(12)18(21-23-16)20-11-14(8-9-22)13-5-3-6-15(19)10-13/h2-7,10,14,22H,8-9,11H2,1H3,(H,20,21). The highest BCUT2D eigenvalue weighted by Crippen LogP contribution is 2.27. The van der Waals surface area contributed by atoms with Crippen LogP contribution in [0.2, 0.25) is 0 Å². The fourth-order valence-corrected chi connectivity index (χ4v) is 2.80. The summed E-state index contributed by atoms with van der Waals surface area (Å²) in [6, 6.07) is 12.3. The van der Waals surface area contributed by atoms with E-state index in [1.54, 1.807) is 6.07 Å². The number of hydrogen-bond donors (Lipinski definition) is 2. The summed E-state index contributed by atoms with van der Waals surface area (Å²) in [6.45, 7) is 2.59. The molecule has 1 unspecified atom stereocenters. The molecule has 0 bridgehead atoms. The Morgan fingerprint density at radius 3 is 2.87 bits per heavy atom. The van der Waals surface area contributed by atoms with E-state index in [1.165, 1.54) is 12.1 Å². The molecular weight excluding hydrogens is 295 g/mol. The molecule has 0 saturated carbocycles. The van der Waals surface area contributed by atoms with Crippen molar-refractivity contribution in [1.82, 2.24) is 5.16 Å². The van der Waals surface area contributed by atoms with E-state index in [4.69, 9.17) is 4.52 Å². The molecule has 0 aliphatic carbocycles. The van der Waals surface area contributed by atoms with Gasteiger partial charge in [-0.25, -0.2) is 4.39 Å². The third-order valence-corrected chi connectivity index (χ3v) is 4.02. The third kappa shape index (κ3) is 3.35. The Kier molecular flexibility index (Phi) is 4.57. The Morgan fingerprint density at radius 2 is 2.09 bits per heavy atom. The Labute approximate surface area is 133 Å². The monoisotopic (exact) mass is 314 g/mol. The number of aliphatic hydroxyl groups is 1. The van der Waals surface area contributed by atoms with Crippen molar-refractivity contribution < 1.29 is 14.0 Å². The van der Waals surface area contributed by atoms with Crippen molar-refractivity contribution in [2.24, 2.45) is 0 Å². The summed E-state index contributed by atoms with van der Waals surface area (Å²) in [7, 11) is 0. The summed E-state index contributed by atoms with van der Waals surface area (Å²) in [5.41, 5.74) is 2.67. The number of anilines is 1. The van der Waals surface area contributed by atoms with Crippen LogP contribution in [0.25, 0.3) is 11.0 Å². The number of aromatic nitrogens is 1. The normalized spacial score (nSPS) is 12.5. The van der Waals surface area contributed by atoms with Crippen LogP contribution >= 0.6 is 0 Å². The SMILES string of the molecule is Cc1cccc2onc(NCC(CCO)c3cccc(F)c3)c12. The van der Waals surface area contributed by atoms with Crippen LogP contribution in [-0.4, -0.2) is 23.4 Å². The van der Waals surface area contributed by atoms with Gasteiger partial charge in [0, 0.05) is 19.1 Å². The van der Waals surface area contributed by atoms with E-state index >= 15 is 0 Å². The number of nitrogens with zero attached hydrogens (tertiary/aromatic N) is 1. The van der Waals surface area contributed by atoms with Gasteiger partial charge < -0.3 is 14.9 Å². The average molecular weight is 314 g/mol. The minimum Gasteiger partial charge on any atom is -0.396 e. The van der Waals surface area contributed by atoms with Gasteiger partial charge >= 0.3 is 0 Å². The molecule has 0 aliphatic heterocycles. The molecule has 0 fully saturated rings. The first-order chi connectivity index (χ1) is 11.2. The van der Waals surface area contributed by atoms with Crippen molar-refractivity contribution in [2.45, 2.75) is 19.3 Å². The number of benzene rings is 2. The van der Waals surface area contributed by atoms with Crippen LogP contribution in [-0.2, 0) is 0 Å². The lowest BCUT2D eigenvalue weighted by Gasteiger charge is -2.17. The fourth-order valence-electron chi connectivity index (χ4n) is 2.80. The Hall–Kier alpha value is -2.40. The van der Waals surface area contributed by atoms with Gasteiger partial charge in [0.05, 0.1) is 5.39 Å². The minimum absolute atomic E-state index is 0.00790. The van der Waals surface area contributed by atoms with Crippen LogP contribution in [0.4, 0.5) is 10.2 Å². The van der Waals surface area contributed by atoms with E-state index < -0.39 is 0 Å². The molecule has 0 spiro atoms. The zero-order valence-electron chi connectivity index (χ0n) is 12.9. The van der Waals surface area contributed by atoms with Crippen molar-refractivity contribution in [1.29, 1.82) is 0 Å². The molecule has 0 aliphatic rings. The van der Waals surface area contributed by atoms with Crippen molar-refractivity contribution in [3.05, 3.63) is 59.4 Å². The summed E-state index contributed by atoms with van der Waals surface area (Å²) in [4.78, 5) is 0. The number of aliphatic hydroxyl groups excluding tert-OH is 1. The van der Waals surface area contributed by atoms with Crippen molar-refractivity contribution in [3.8, 4) is 0 Å². The Balaban J connectivity index is 1.81. The molecule has 2 N–H and O–H groups in total. The number of fused-ring (bicyclic) bond motifs is 1. The van der Waals surface area contributed by atoms with Crippen LogP contribution < -0.4 is 5.32 Å². The number of nitrogens with one attached hydrogen (secondary N) is 1. The first-order valence-electron chi connectivity index (χ1n) is 7.64. The number of hydrogen-bond acceptors (Lipinski definition) is 4.